The zero-order valence-electron chi connectivity index (χ0n) is 14.7. The van der Waals surface area contributed by atoms with Crippen LogP contribution in [0.25, 0.3) is 12.2 Å². The second-order valence-corrected chi connectivity index (χ2v) is 5.51. The molecular formula is C22H28O3. The Balaban J connectivity index is 0.000000333. The summed E-state index contributed by atoms with van der Waals surface area (Å²) < 4.78 is 5.71. The van der Waals surface area contributed by atoms with E-state index >= 15 is 0 Å². The third-order valence-electron chi connectivity index (χ3n) is 3.53. The number of aliphatic hydroxyl groups excluding tert-OH is 2. The minimum atomic E-state index is 0.283. The average molecular weight is 340 g/mol. The van der Waals surface area contributed by atoms with Gasteiger partial charge >= 0.3 is 0 Å². The molecule has 0 atom stereocenters. The standard InChI is InChI=1S/C16H14O.C6H14O2/c1-3-13-5-9-15(10-6-13)17-16-11-7-14(4-2)8-12-16;7-5-3-1-2-4-6-8/h3-12H,1-2H2;7-8H,1-6H2. The van der Waals surface area contributed by atoms with Gasteiger partial charge in [0.05, 0.1) is 0 Å². The van der Waals surface area contributed by atoms with Gasteiger partial charge in [-0.1, -0.05) is 62.4 Å². The molecule has 0 aliphatic heterocycles. The fourth-order valence-electron chi connectivity index (χ4n) is 2.06. The maximum Gasteiger partial charge on any atom is 0.127 e. The van der Waals surface area contributed by atoms with Crippen LogP contribution in [0.4, 0.5) is 0 Å². The Hall–Kier alpha value is -2.36. The van der Waals surface area contributed by atoms with Crippen LogP contribution >= 0.6 is 0 Å². The van der Waals surface area contributed by atoms with Crippen LogP contribution in [-0.2, 0) is 0 Å². The van der Waals surface area contributed by atoms with Gasteiger partial charge in [-0.15, -0.1) is 0 Å². The third-order valence-corrected chi connectivity index (χ3v) is 3.53. The molecule has 2 aromatic rings. The van der Waals surface area contributed by atoms with E-state index in [2.05, 4.69) is 13.2 Å². The van der Waals surface area contributed by atoms with E-state index in [1.165, 1.54) is 0 Å². The molecule has 0 aliphatic rings. The Kier molecular flexibility index (Phi) is 10.7. The number of benzene rings is 2. The summed E-state index contributed by atoms with van der Waals surface area (Å²) >= 11 is 0. The maximum atomic E-state index is 8.30. The van der Waals surface area contributed by atoms with Crippen molar-refractivity contribution in [2.24, 2.45) is 0 Å². The lowest BCUT2D eigenvalue weighted by Gasteiger charge is -2.06. The normalized spacial score (nSPS) is 9.68. The van der Waals surface area contributed by atoms with Gasteiger partial charge in [0, 0.05) is 13.2 Å². The molecule has 0 aromatic heterocycles. The highest BCUT2D eigenvalue weighted by atomic mass is 16.5. The Morgan fingerprint density at radius 1 is 0.640 bits per heavy atom. The summed E-state index contributed by atoms with van der Waals surface area (Å²) in [5.74, 6) is 1.64. The lowest BCUT2D eigenvalue weighted by atomic mass is 10.2. The summed E-state index contributed by atoms with van der Waals surface area (Å²) in [7, 11) is 0. The minimum absolute atomic E-state index is 0.283. The van der Waals surface area contributed by atoms with Gasteiger partial charge in [-0.2, -0.15) is 0 Å². The number of rotatable bonds is 9. The highest BCUT2D eigenvalue weighted by Crippen LogP contribution is 2.22. The first-order valence-electron chi connectivity index (χ1n) is 8.58. The second kappa shape index (κ2) is 13.0. The van der Waals surface area contributed by atoms with E-state index in [-0.39, 0.29) is 13.2 Å². The number of hydrogen-bond acceptors (Lipinski definition) is 3. The first-order chi connectivity index (χ1) is 12.2. The number of hydrogen-bond donors (Lipinski definition) is 2. The molecule has 2 aromatic carbocycles. The molecule has 2 rings (SSSR count). The molecule has 0 unspecified atom stereocenters. The zero-order valence-corrected chi connectivity index (χ0v) is 14.7. The van der Waals surface area contributed by atoms with E-state index < -0.39 is 0 Å². The third kappa shape index (κ3) is 8.89. The topological polar surface area (TPSA) is 49.7 Å². The van der Waals surface area contributed by atoms with Crippen molar-refractivity contribution in [3.05, 3.63) is 72.8 Å². The van der Waals surface area contributed by atoms with Gasteiger partial charge in [-0.25, -0.2) is 0 Å². The molecule has 25 heavy (non-hydrogen) atoms. The molecule has 0 bridgehead atoms. The smallest absolute Gasteiger partial charge is 0.127 e. The van der Waals surface area contributed by atoms with Crippen molar-refractivity contribution in [1.29, 1.82) is 0 Å². The summed E-state index contributed by atoms with van der Waals surface area (Å²) in [6.07, 6.45) is 7.44. The molecule has 134 valence electrons. The Morgan fingerprint density at radius 2 is 1.00 bits per heavy atom. The molecule has 0 saturated heterocycles. The summed E-state index contributed by atoms with van der Waals surface area (Å²) in [5.41, 5.74) is 2.17. The fourth-order valence-corrected chi connectivity index (χ4v) is 2.06. The van der Waals surface area contributed by atoms with Crippen molar-refractivity contribution in [3.8, 4) is 11.5 Å². The van der Waals surface area contributed by atoms with Crippen LogP contribution in [-0.4, -0.2) is 23.4 Å². The number of ether oxygens (including phenoxy) is 1. The van der Waals surface area contributed by atoms with E-state index in [9.17, 15) is 0 Å². The molecule has 3 nitrogen and oxygen atoms in total. The van der Waals surface area contributed by atoms with Crippen LogP contribution in [0.15, 0.2) is 61.7 Å². The molecule has 0 aliphatic carbocycles. The average Bonchev–Trinajstić information content (AvgIpc) is 2.67. The van der Waals surface area contributed by atoms with E-state index in [1.807, 2.05) is 60.7 Å². The van der Waals surface area contributed by atoms with Crippen molar-refractivity contribution < 1.29 is 14.9 Å². The van der Waals surface area contributed by atoms with Crippen LogP contribution in [0.1, 0.15) is 36.8 Å². The largest absolute Gasteiger partial charge is 0.457 e. The molecule has 0 heterocycles. The minimum Gasteiger partial charge on any atom is -0.457 e. The quantitative estimate of drug-likeness (QED) is 0.609. The molecule has 0 saturated carbocycles. The van der Waals surface area contributed by atoms with E-state index in [1.54, 1.807) is 0 Å². The highest BCUT2D eigenvalue weighted by molar-refractivity contribution is 5.50. The van der Waals surface area contributed by atoms with Gasteiger partial charge in [0.2, 0.25) is 0 Å². The lowest BCUT2D eigenvalue weighted by molar-refractivity contribution is 0.265. The first kappa shape index (κ1) is 20.7. The predicted octanol–water partition coefficient (Wildman–Crippen LogP) is 5.30. The van der Waals surface area contributed by atoms with Gasteiger partial charge < -0.3 is 14.9 Å². The van der Waals surface area contributed by atoms with Crippen LogP contribution in [0.3, 0.4) is 0 Å². The van der Waals surface area contributed by atoms with E-state index in [0.717, 1.165) is 48.3 Å². The Morgan fingerprint density at radius 3 is 1.28 bits per heavy atom. The van der Waals surface area contributed by atoms with Crippen LogP contribution in [0.2, 0.25) is 0 Å². The summed E-state index contributed by atoms with van der Waals surface area (Å²) in [5, 5.41) is 16.6. The summed E-state index contributed by atoms with van der Waals surface area (Å²) in [6, 6.07) is 15.6. The van der Waals surface area contributed by atoms with Gasteiger partial charge in [0.1, 0.15) is 11.5 Å². The van der Waals surface area contributed by atoms with Crippen LogP contribution in [0.5, 0.6) is 11.5 Å². The van der Waals surface area contributed by atoms with Gasteiger partial charge in [0.25, 0.3) is 0 Å². The van der Waals surface area contributed by atoms with E-state index in [4.69, 9.17) is 14.9 Å². The fraction of sp³-hybridized carbons (Fsp3) is 0.273. The SMILES string of the molecule is C=Cc1ccc(Oc2ccc(C=C)cc2)cc1.OCCCCCCO. The van der Waals surface area contributed by atoms with Crippen molar-refractivity contribution in [1.82, 2.24) is 0 Å². The molecule has 0 radical (unpaired) electrons. The molecular weight excluding hydrogens is 312 g/mol. The second-order valence-electron chi connectivity index (χ2n) is 5.51. The van der Waals surface area contributed by atoms with Gasteiger partial charge in [-0.3, -0.25) is 0 Å². The zero-order chi connectivity index (χ0) is 18.3. The van der Waals surface area contributed by atoms with Crippen LogP contribution < -0.4 is 4.74 Å². The van der Waals surface area contributed by atoms with Crippen molar-refractivity contribution in [3.63, 3.8) is 0 Å². The monoisotopic (exact) mass is 340 g/mol. The molecule has 3 heteroatoms. The van der Waals surface area contributed by atoms with Crippen LogP contribution in [0, 0.1) is 0 Å². The summed E-state index contributed by atoms with van der Waals surface area (Å²) in [4.78, 5) is 0. The molecule has 0 spiro atoms. The maximum absolute atomic E-state index is 8.30. The van der Waals surface area contributed by atoms with Gasteiger partial charge in [-0.05, 0) is 48.2 Å². The van der Waals surface area contributed by atoms with Crippen molar-refractivity contribution >= 4 is 12.2 Å². The molecule has 0 amide bonds. The van der Waals surface area contributed by atoms with Crippen molar-refractivity contribution in [2.45, 2.75) is 25.7 Å². The molecule has 2 N–H and O–H groups in total. The Labute approximate surface area is 150 Å². The van der Waals surface area contributed by atoms with E-state index in [0.29, 0.717) is 0 Å². The predicted molar refractivity (Wildman–Crippen MR) is 106 cm³/mol. The van der Waals surface area contributed by atoms with Gasteiger partial charge in [0.15, 0.2) is 0 Å². The number of aliphatic hydroxyl groups is 2. The number of unbranched alkanes of at least 4 members (excludes halogenated alkanes) is 3. The lowest BCUT2D eigenvalue weighted by Crippen LogP contribution is -1.85. The van der Waals surface area contributed by atoms with Crippen molar-refractivity contribution in [2.75, 3.05) is 13.2 Å². The summed E-state index contributed by atoms with van der Waals surface area (Å²) in [6.45, 7) is 7.99. The molecule has 0 fully saturated rings. The first-order valence-corrected chi connectivity index (χ1v) is 8.58. The Bertz CT molecular complexity index is 545. The highest BCUT2D eigenvalue weighted by Gasteiger charge is 1.96.